The Morgan fingerprint density at radius 3 is 2.28 bits per heavy atom. The highest BCUT2D eigenvalue weighted by Crippen LogP contribution is 2.38. The first kappa shape index (κ1) is 22.4. The molecule has 0 amide bonds. The first-order valence-corrected chi connectivity index (χ1v) is 13.0. The van der Waals surface area contributed by atoms with Gasteiger partial charge in [-0.25, -0.2) is 20.0 Å². The van der Waals surface area contributed by atoms with E-state index in [-0.39, 0.29) is 0 Å². The second-order valence-electron chi connectivity index (χ2n) is 9.77. The van der Waals surface area contributed by atoms with Crippen molar-refractivity contribution in [1.82, 2.24) is 14.5 Å². The second kappa shape index (κ2) is 7.76. The number of ether oxygens (including phenoxy) is 1. The molecule has 2 aromatic heterocycles. The van der Waals surface area contributed by atoms with Gasteiger partial charge in [0, 0.05) is 31.5 Å². The van der Waals surface area contributed by atoms with Crippen LogP contribution in [-0.4, -0.2) is 78.1 Å². The Labute approximate surface area is 176 Å². The quantitative estimate of drug-likeness (QED) is 0.505. The molecular formula is C20H35BN4O3S. The van der Waals surface area contributed by atoms with Gasteiger partial charge < -0.3 is 23.5 Å². The zero-order valence-electron chi connectivity index (χ0n) is 19.3. The van der Waals surface area contributed by atoms with E-state index in [4.69, 9.17) is 14.0 Å². The lowest BCUT2D eigenvalue weighted by Crippen LogP contribution is -2.41. The van der Waals surface area contributed by atoms with Gasteiger partial charge in [-0.05, 0) is 46.5 Å². The zero-order valence-corrected chi connectivity index (χ0v) is 20.1. The molecule has 9 heteroatoms. The van der Waals surface area contributed by atoms with Gasteiger partial charge in [0.05, 0.1) is 23.2 Å². The Bertz CT molecular complexity index is 860. The standard InChI is InChI=1S/C20H35BN4O3S/c1-19(2)20(3,4)28-21(27-19)15-12-25(14-26-10-11-29(7,8)9)18-16(15)17(24(5)6)22-13-23-18/h12-13H,10-11,14H2,1-9H3. The molecule has 0 aromatic carbocycles. The molecule has 162 valence electrons. The summed E-state index contributed by atoms with van der Waals surface area (Å²) < 4.78 is 20.7. The fourth-order valence-corrected chi connectivity index (χ4v) is 3.81. The molecule has 29 heavy (non-hydrogen) atoms. The third kappa shape index (κ3) is 4.58. The summed E-state index contributed by atoms with van der Waals surface area (Å²) in [5, 5.41) is 0.945. The molecule has 2 aromatic rings. The Kier molecular flexibility index (Phi) is 5.99. The lowest BCUT2D eigenvalue weighted by molar-refractivity contribution is 0.00578. The number of nitrogens with zero attached hydrogens (tertiary/aromatic N) is 4. The maximum atomic E-state index is 6.33. The summed E-state index contributed by atoms with van der Waals surface area (Å²) in [5.74, 6) is 1.92. The Hall–Kier alpha value is -1.29. The first-order valence-electron chi connectivity index (χ1n) is 9.93. The highest BCUT2D eigenvalue weighted by Gasteiger charge is 2.52. The fraction of sp³-hybridized carbons (Fsp3) is 0.700. The van der Waals surface area contributed by atoms with E-state index in [1.54, 1.807) is 6.33 Å². The van der Waals surface area contributed by atoms with E-state index < -0.39 is 28.3 Å². The van der Waals surface area contributed by atoms with Crippen LogP contribution in [0.5, 0.6) is 0 Å². The van der Waals surface area contributed by atoms with Gasteiger partial charge in [-0.15, -0.1) is 0 Å². The monoisotopic (exact) mass is 422 g/mol. The van der Waals surface area contributed by atoms with Crippen molar-refractivity contribution < 1.29 is 14.0 Å². The summed E-state index contributed by atoms with van der Waals surface area (Å²) in [6, 6.07) is 0. The average molecular weight is 422 g/mol. The Morgan fingerprint density at radius 2 is 1.72 bits per heavy atom. The van der Waals surface area contributed by atoms with Crippen LogP contribution < -0.4 is 10.4 Å². The molecule has 0 spiro atoms. The fourth-order valence-electron chi connectivity index (χ4n) is 3.19. The number of hydrogen-bond donors (Lipinski definition) is 0. The van der Waals surface area contributed by atoms with Crippen LogP contribution in [0.15, 0.2) is 12.5 Å². The average Bonchev–Trinajstić information content (AvgIpc) is 3.05. The summed E-state index contributed by atoms with van der Waals surface area (Å²) >= 11 is 0. The van der Waals surface area contributed by atoms with Gasteiger partial charge in [-0.1, -0.05) is 0 Å². The molecule has 1 saturated heterocycles. The van der Waals surface area contributed by atoms with Gasteiger partial charge in [-0.2, -0.15) is 0 Å². The van der Waals surface area contributed by atoms with Gasteiger partial charge in [0.15, 0.2) is 0 Å². The SMILES string of the molecule is CN(C)c1ncnc2c1c(B1OC(C)(C)C(C)(C)O1)cn2COCCS(C)(C)C. The largest absolute Gasteiger partial charge is 0.497 e. The molecule has 0 atom stereocenters. The summed E-state index contributed by atoms with van der Waals surface area (Å²) in [5.41, 5.74) is 0.947. The number of aromatic nitrogens is 3. The molecule has 0 saturated carbocycles. The maximum Gasteiger partial charge on any atom is 0.497 e. The smallest absolute Gasteiger partial charge is 0.399 e. The molecule has 1 aliphatic rings. The van der Waals surface area contributed by atoms with Gasteiger partial charge in [-0.3, -0.25) is 0 Å². The van der Waals surface area contributed by atoms with Crippen molar-refractivity contribution in [2.24, 2.45) is 0 Å². The van der Waals surface area contributed by atoms with Crippen molar-refractivity contribution in [2.75, 3.05) is 50.1 Å². The van der Waals surface area contributed by atoms with Crippen LogP contribution in [0.3, 0.4) is 0 Å². The first-order chi connectivity index (χ1) is 13.3. The molecule has 1 aliphatic heterocycles. The number of fused-ring (bicyclic) bond motifs is 1. The molecule has 1 fully saturated rings. The van der Waals surface area contributed by atoms with Crippen LogP contribution in [0, 0.1) is 0 Å². The molecule has 7 nitrogen and oxygen atoms in total. The van der Waals surface area contributed by atoms with E-state index in [0.29, 0.717) is 6.73 Å². The summed E-state index contributed by atoms with van der Waals surface area (Å²) in [4.78, 5) is 11.1. The van der Waals surface area contributed by atoms with Gasteiger partial charge in [0.2, 0.25) is 0 Å². The third-order valence-electron chi connectivity index (χ3n) is 5.66. The van der Waals surface area contributed by atoms with Gasteiger partial charge in [0.25, 0.3) is 0 Å². The van der Waals surface area contributed by atoms with Crippen LogP contribution >= 0.6 is 10.0 Å². The summed E-state index contributed by atoms with van der Waals surface area (Å²) in [6.07, 6.45) is 10.5. The van der Waals surface area contributed by atoms with Gasteiger partial charge in [0.1, 0.15) is 24.5 Å². The van der Waals surface area contributed by atoms with Crippen LogP contribution in [0.2, 0.25) is 0 Å². The molecule has 0 bridgehead atoms. The molecule has 3 rings (SSSR count). The van der Waals surface area contributed by atoms with E-state index >= 15 is 0 Å². The van der Waals surface area contributed by atoms with Crippen LogP contribution in [0.25, 0.3) is 11.0 Å². The van der Waals surface area contributed by atoms with E-state index in [0.717, 1.165) is 34.7 Å². The topological polar surface area (TPSA) is 61.6 Å². The third-order valence-corrected chi connectivity index (χ3v) is 7.06. The Morgan fingerprint density at radius 1 is 1.10 bits per heavy atom. The predicted molar refractivity (Wildman–Crippen MR) is 124 cm³/mol. The molecule has 0 radical (unpaired) electrons. The Balaban J connectivity index is 1.97. The minimum Gasteiger partial charge on any atom is -0.399 e. The molecule has 0 N–H and O–H groups in total. The number of hydrogen-bond acceptors (Lipinski definition) is 6. The lowest BCUT2D eigenvalue weighted by Gasteiger charge is -2.32. The molecule has 3 heterocycles. The van der Waals surface area contributed by atoms with Crippen LogP contribution in [-0.2, 0) is 20.8 Å². The van der Waals surface area contributed by atoms with Crippen LogP contribution in [0.4, 0.5) is 5.82 Å². The van der Waals surface area contributed by atoms with E-state index in [1.807, 2.05) is 29.8 Å². The normalized spacial score (nSPS) is 19.1. The van der Waals surface area contributed by atoms with Crippen molar-refractivity contribution in [3.63, 3.8) is 0 Å². The molecule has 0 unspecified atom stereocenters. The van der Waals surface area contributed by atoms with Crippen LogP contribution in [0.1, 0.15) is 27.7 Å². The highest BCUT2D eigenvalue weighted by atomic mass is 32.3. The minimum atomic E-state index is -0.579. The number of anilines is 1. The van der Waals surface area contributed by atoms with Crippen molar-refractivity contribution in [2.45, 2.75) is 45.6 Å². The molecule has 0 aliphatic carbocycles. The molecular weight excluding hydrogens is 387 g/mol. The summed E-state index contributed by atoms with van der Waals surface area (Å²) in [7, 11) is 2.91. The number of rotatable bonds is 7. The maximum absolute atomic E-state index is 6.33. The van der Waals surface area contributed by atoms with Gasteiger partial charge >= 0.3 is 7.12 Å². The predicted octanol–water partition coefficient (Wildman–Crippen LogP) is 2.46. The second-order valence-corrected chi connectivity index (χ2v) is 14.4. The van der Waals surface area contributed by atoms with E-state index in [9.17, 15) is 0 Å². The lowest BCUT2D eigenvalue weighted by atomic mass is 9.79. The minimum absolute atomic E-state index is 0.411. The van der Waals surface area contributed by atoms with Crippen molar-refractivity contribution in [3.05, 3.63) is 12.5 Å². The van der Waals surface area contributed by atoms with Crippen molar-refractivity contribution >= 4 is 39.5 Å². The zero-order chi connectivity index (χ0) is 21.6. The summed E-state index contributed by atoms with van der Waals surface area (Å²) in [6.45, 7) is 9.42. The van der Waals surface area contributed by atoms with E-state index in [1.165, 1.54) is 0 Å². The van der Waals surface area contributed by atoms with Crippen molar-refractivity contribution in [1.29, 1.82) is 0 Å². The highest BCUT2D eigenvalue weighted by molar-refractivity contribution is 8.32. The van der Waals surface area contributed by atoms with E-state index in [2.05, 4.69) is 56.4 Å². The van der Waals surface area contributed by atoms with Crippen molar-refractivity contribution in [3.8, 4) is 0 Å².